The Morgan fingerprint density at radius 1 is 0.620 bits per heavy atom. The maximum absolute atomic E-state index is 12.2. The van der Waals surface area contributed by atoms with Crippen LogP contribution in [-0.2, 0) is 19.1 Å². The van der Waals surface area contributed by atoms with Gasteiger partial charge in [0.05, 0.1) is 12.7 Å². The van der Waals surface area contributed by atoms with Crippen LogP contribution in [0.1, 0.15) is 175 Å². The van der Waals surface area contributed by atoms with Crippen molar-refractivity contribution in [3.8, 4) is 0 Å². The van der Waals surface area contributed by atoms with Crippen molar-refractivity contribution in [2.45, 2.75) is 187 Å². The van der Waals surface area contributed by atoms with Crippen LogP contribution < -0.4 is 0 Å². The molecule has 6 heteroatoms. The summed E-state index contributed by atoms with van der Waals surface area (Å²) in [5.41, 5.74) is 0. The molecule has 0 aliphatic rings. The summed E-state index contributed by atoms with van der Waals surface area (Å²) in [5, 5.41) is 19.5. The van der Waals surface area contributed by atoms with Gasteiger partial charge in [0.2, 0.25) is 0 Å². The fourth-order valence-corrected chi connectivity index (χ4v) is 5.51. The number of unbranched alkanes of at least 4 members (excludes halogenated alkanes) is 15. The van der Waals surface area contributed by atoms with Gasteiger partial charge >= 0.3 is 11.9 Å². The molecule has 288 valence electrons. The lowest BCUT2D eigenvalue weighted by atomic mass is 10.0. The van der Waals surface area contributed by atoms with Crippen molar-refractivity contribution < 1.29 is 29.3 Å². The molecule has 0 aliphatic carbocycles. The van der Waals surface area contributed by atoms with E-state index in [2.05, 4.69) is 39.0 Å². The minimum atomic E-state index is -0.822. The minimum absolute atomic E-state index is 0.107. The molecule has 0 saturated heterocycles. The summed E-state index contributed by atoms with van der Waals surface area (Å²) in [6.45, 7) is 6.26. The first-order chi connectivity index (χ1) is 24.4. The Labute approximate surface area is 307 Å². The number of carbonyl (C=O) groups excluding carboxylic acids is 2. The molecule has 2 N–H and O–H groups in total. The van der Waals surface area contributed by atoms with Crippen LogP contribution >= 0.6 is 0 Å². The lowest BCUT2D eigenvalue weighted by molar-refractivity contribution is -0.161. The lowest BCUT2D eigenvalue weighted by Gasteiger charge is -2.15. The Morgan fingerprint density at radius 2 is 1.16 bits per heavy atom. The third-order valence-corrected chi connectivity index (χ3v) is 8.58. The number of aliphatic hydroxyl groups excluding tert-OH is 2. The Bertz CT molecular complexity index is 915. The normalized spacial score (nSPS) is 13.6. The molecule has 1 unspecified atom stereocenters. The van der Waals surface area contributed by atoms with Crippen LogP contribution in [0.15, 0.2) is 60.8 Å². The highest BCUT2D eigenvalue weighted by atomic mass is 16.6. The van der Waals surface area contributed by atoms with Gasteiger partial charge in [0.15, 0.2) is 6.10 Å². The topological polar surface area (TPSA) is 93.1 Å². The highest BCUT2D eigenvalue weighted by molar-refractivity contribution is 5.70. The maximum Gasteiger partial charge on any atom is 0.306 e. The molecule has 0 aromatic carbocycles. The van der Waals surface area contributed by atoms with E-state index in [9.17, 15) is 19.8 Å². The second-order valence-electron chi connectivity index (χ2n) is 14.0. The number of hydrogen-bond donors (Lipinski definition) is 2. The van der Waals surface area contributed by atoms with Crippen LogP contribution in [0.2, 0.25) is 0 Å². The number of esters is 2. The van der Waals surface area contributed by atoms with E-state index in [4.69, 9.17) is 9.47 Å². The van der Waals surface area contributed by atoms with Crippen LogP contribution in [0, 0.1) is 5.92 Å². The summed E-state index contributed by atoms with van der Waals surface area (Å²) in [6, 6.07) is 0. The molecule has 0 fully saturated rings. The molecule has 0 aromatic heterocycles. The van der Waals surface area contributed by atoms with E-state index in [0.29, 0.717) is 19.3 Å². The van der Waals surface area contributed by atoms with Crippen LogP contribution in [0.3, 0.4) is 0 Å². The molecular weight excluding hydrogens is 624 g/mol. The van der Waals surface area contributed by atoms with Gasteiger partial charge in [-0.2, -0.15) is 0 Å². The summed E-state index contributed by atoms with van der Waals surface area (Å²) in [7, 11) is 0. The maximum atomic E-state index is 12.2. The fraction of sp³-hybridized carbons (Fsp3) is 0.727. The molecule has 50 heavy (non-hydrogen) atoms. The number of carbonyl (C=O) groups is 2. The van der Waals surface area contributed by atoms with Gasteiger partial charge in [0.25, 0.3) is 0 Å². The van der Waals surface area contributed by atoms with Crippen LogP contribution in [0.5, 0.6) is 0 Å². The number of allylic oxidation sites excluding steroid dienone is 8. The van der Waals surface area contributed by atoms with Gasteiger partial charge in [-0.25, -0.2) is 0 Å². The highest BCUT2D eigenvalue weighted by Gasteiger charge is 2.16. The fourth-order valence-electron chi connectivity index (χ4n) is 5.51. The smallest absolute Gasteiger partial charge is 0.306 e. The van der Waals surface area contributed by atoms with Crippen molar-refractivity contribution >= 4 is 11.9 Å². The van der Waals surface area contributed by atoms with E-state index in [1.165, 1.54) is 83.5 Å². The third-order valence-electron chi connectivity index (χ3n) is 8.58. The Balaban J connectivity index is 3.70. The quantitative estimate of drug-likeness (QED) is 0.0296. The van der Waals surface area contributed by atoms with Crippen molar-refractivity contribution in [1.82, 2.24) is 0 Å². The Morgan fingerprint density at radius 3 is 1.76 bits per heavy atom. The summed E-state index contributed by atoms with van der Waals surface area (Å²) in [5.74, 6) is 0.149. The average molecular weight is 701 g/mol. The van der Waals surface area contributed by atoms with Crippen LogP contribution in [0.4, 0.5) is 0 Å². The van der Waals surface area contributed by atoms with Gasteiger partial charge in [0.1, 0.15) is 6.61 Å². The number of rotatable bonds is 35. The third kappa shape index (κ3) is 36.8. The summed E-state index contributed by atoms with van der Waals surface area (Å²) in [4.78, 5) is 24.3. The molecule has 2 atom stereocenters. The predicted molar refractivity (Wildman–Crippen MR) is 211 cm³/mol. The summed E-state index contributed by atoms with van der Waals surface area (Å²) in [6.07, 6.45) is 44.6. The largest absolute Gasteiger partial charge is 0.462 e. The number of hydrogen-bond acceptors (Lipinski definition) is 6. The molecule has 0 radical (unpaired) electrons. The molecule has 0 bridgehead atoms. The van der Waals surface area contributed by atoms with E-state index < -0.39 is 18.2 Å². The number of aliphatic hydroxyl groups is 2. The predicted octanol–water partition coefficient (Wildman–Crippen LogP) is 11.6. The van der Waals surface area contributed by atoms with E-state index in [0.717, 1.165) is 50.9 Å². The molecule has 0 rings (SSSR count). The zero-order valence-electron chi connectivity index (χ0n) is 32.4. The minimum Gasteiger partial charge on any atom is -0.462 e. The molecule has 6 nitrogen and oxygen atoms in total. The SMILES string of the molecule is CC/C=C\C/C=C\CC(O)/C=C/C=C\C/C=C\CCCC(=O)O[C@@H](CO)COC(=O)CCCCCCCCCCCCCCCCCC(C)C. The van der Waals surface area contributed by atoms with Gasteiger partial charge in [-0.3, -0.25) is 9.59 Å². The molecule has 0 heterocycles. The average Bonchev–Trinajstić information content (AvgIpc) is 3.10. The standard InChI is InChI=1S/C44H76O6/c1-4-5-6-7-24-29-34-41(46)35-30-25-20-17-18-22-27-32-37-44(48)50-42(38-45)39-49-43(47)36-31-26-21-16-14-12-10-8-9-11-13-15-19-23-28-33-40(2)3/h5-6,18,20,22,24-25,29-30,35,40-42,45-46H,4,7-17,19,21,23,26-28,31-34,36-39H2,1-3H3/b6-5-,22-18-,25-20-,29-24-,35-30+/t41?,42-/m0/s1. The van der Waals surface area contributed by atoms with Crippen molar-refractivity contribution in [2.75, 3.05) is 13.2 Å². The molecule has 0 aliphatic heterocycles. The highest BCUT2D eigenvalue weighted by Crippen LogP contribution is 2.15. The first-order valence-electron chi connectivity index (χ1n) is 20.3. The van der Waals surface area contributed by atoms with Crippen molar-refractivity contribution in [3.05, 3.63) is 60.8 Å². The van der Waals surface area contributed by atoms with Crippen molar-refractivity contribution in [2.24, 2.45) is 5.92 Å². The van der Waals surface area contributed by atoms with Gasteiger partial charge < -0.3 is 19.7 Å². The van der Waals surface area contributed by atoms with E-state index >= 15 is 0 Å². The second-order valence-corrected chi connectivity index (χ2v) is 14.0. The van der Waals surface area contributed by atoms with Crippen LogP contribution in [0.25, 0.3) is 0 Å². The summed E-state index contributed by atoms with van der Waals surface area (Å²) >= 11 is 0. The van der Waals surface area contributed by atoms with Crippen LogP contribution in [-0.4, -0.2) is 47.6 Å². The summed E-state index contributed by atoms with van der Waals surface area (Å²) < 4.78 is 10.5. The first-order valence-corrected chi connectivity index (χ1v) is 20.3. The van der Waals surface area contributed by atoms with Gasteiger partial charge in [0, 0.05) is 12.8 Å². The van der Waals surface area contributed by atoms with E-state index in [-0.39, 0.29) is 25.6 Å². The molecule has 0 amide bonds. The Hall–Kier alpha value is -2.44. The van der Waals surface area contributed by atoms with Gasteiger partial charge in [-0.05, 0) is 50.9 Å². The zero-order chi connectivity index (χ0) is 36.8. The lowest BCUT2D eigenvalue weighted by Crippen LogP contribution is -2.28. The van der Waals surface area contributed by atoms with Gasteiger partial charge in [-0.1, -0.05) is 178 Å². The van der Waals surface area contributed by atoms with E-state index in [1.807, 2.05) is 36.5 Å². The monoisotopic (exact) mass is 701 g/mol. The number of ether oxygens (including phenoxy) is 2. The zero-order valence-corrected chi connectivity index (χ0v) is 32.4. The molecule has 0 saturated carbocycles. The first kappa shape index (κ1) is 47.6. The molecule has 0 aromatic rings. The molecular formula is C44H76O6. The van der Waals surface area contributed by atoms with Crippen molar-refractivity contribution in [1.29, 1.82) is 0 Å². The van der Waals surface area contributed by atoms with Gasteiger partial charge in [-0.15, -0.1) is 0 Å². The molecule has 0 spiro atoms. The Kier molecular flexibility index (Phi) is 36.0. The van der Waals surface area contributed by atoms with E-state index in [1.54, 1.807) is 6.08 Å². The van der Waals surface area contributed by atoms with Crippen molar-refractivity contribution in [3.63, 3.8) is 0 Å². The second kappa shape index (κ2) is 37.8.